The number of methoxy groups -OCH3 is 4. The van der Waals surface area contributed by atoms with Gasteiger partial charge in [0.25, 0.3) is 0 Å². The maximum atomic E-state index is 12.2. The molecule has 0 radical (unpaired) electrons. The van der Waals surface area contributed by atoms with Crippen molar-refractivity contribution >= 4 is 43.8 Å². The molecular formula is C33H51Br2NO10. The van der Waals surface area contributed by atoms with Gasteiger partial charge in [0.1, 0.15) is 28.2 Å². The van der Waals surface area contributed by atoms with Crippen LogP contribution in [0.25, 0.3) is 0 Å². The number of carbonyl (C=O) groups excluding carboxylic acids is 1. The van der Waals surface area contributed by atoms with Crippen molar-refractivity contribution in [1.29, 1.82) is 0 Å². The van der Waals surface area contributed by atoms with Crippen LogP contribution >= 0.6 is 31.9 Å². The lowest BCUT2D eigenvalue weighted by atomic mass is 10.1. The van der Waals surface area contributed by atoms with Crippen LogP contribution < -0.4 is 18.9 Å². The van der Waals surface area contributed by atoms with Crippen molar-refractivity contribution in [3.63, 3.8) is 0 Å². The number of ether oxygens (including phenoxy) is 7. The fraction of sp³-hybridized carbons (Fsp3) is 0.576. The van der Waals surface area contributed by atoms with Crippen LogP contribution in [0, 0.1) is 0 Å². The Balaban J connectivity index is 0.000000669. The summed E-state index contributed by atoms with van der Waals surface area (Å²) in [5.74, 6) is -0.195. The summed E-state index contributed by atoms with van der Waals surface area (Å²) in [6.45, 7) is 17.6. The first-order chi connectivity index (χ1) is 20.9. The average Bonchev–Trinajstić information content (AvgIpc) is 2.90. The molecule has 0 fully saturated rings. The lowest BCUT2D eigenvalue weighted by Gasteiger charge is -2.35. The van der Waals surface area contributed by atoms with Crippen LogP contribution in [0.1, 0.15) is 83.0 Å². The number of benzene rings is 2. The zero-order valence-corrected chi connectivity index (χ0v) is 32.9. The monoisotopic (exact) mass is 779 g/mol. The van der Waals surface area contributed by atoms with Gasteiger partial charge in [-0.2, -0.15) is 0 Å². The minimum atomic E-state index is -1.08. The Morgan fingerprint density at radius 1 is 0.652 bits per heavy atom. The summed E-state index contributed by atoms with van der Waals surface area (Å²) in [5.41, 5.74) is -0.663. The fourth-order valence-electron chi connectivity index (χ4n) is 3.38. The second-order valence-electron chi connectivity index (χ2n) is 12.9. The van der Waals surface area contributed by atoms with Crippen LogP contribution in [0.5, 0.6) is 23.0 Å². The van der Waals surface area contributed by atoms with Gasteiger partial charge in [-0.25, -0.2) is 9.59 Å². The number of carboxylic acid groups (broad SMARTS) is 1. The maximum absolute atomic E-state index is 12.2. The first-order valence-corrected chi connectivity index (χ1v) is 15.8. The number of hydrogen-bond acceptors (Lipinski definition) is 10. The van der Waals surface area contributed by atoms with Gasteiger partial charge < -0.3 is 38.3 Å². The van der Waals surface area contributed by atoms with Gasteiger partial charge in [0, 0.05) is 0 Å². The van der Waals surface area contributed by atoms with Gasteiger partial charge in [0.05, 0.1) is 48.6 Å². The number of aromatic carboxylic acids is 1. The summed E-state index contributed by atoms with van der Waals surface area (Å²) < 4.78 is 38.5. The van der Waals surface area contributed by atoms with E-state index in [4.69, 9.17) is 38.3 Å². The third-order valence-electron chi connectivity index (χ3n) is 5.14. The van der Waals surface area contributed by atoms with Crippen LogP contribution in [0.15, 0.2) is 33.2 Å². The second kappa shape index (κ2) is 18.7. The van der Waals surface area contributed by atoms with Gasteiger partial charge in [-0.05, 0) is 133 Å². The highest BCUT2D eigenvalue weighted by molar-refractivity contribution is 9.11. The van der Waals surface area contributed by atoms with Crippen LogP contribution in [0.2, 0.25) is 0 Å². The molecule has 0 atom stereocenters. The van der Waals surface area contributed by atoms with Gasteiger partial charge in [0.15, 0.2) is 11.5 Å². The molecule has 0 saturated carbocycles. The van der Waals surface area contributed by atoms with E-state index in [9.17, 15) is 9.59 Å². The molecular weight excluding hydrogens is 730 g/mol. The van der Waals surface area contributed by atoms with E-state index in [1.807, 2.05) is 81.3 Å². The van der Waals surface area contributed by atoms with Crippen molar-refractivity contribution in [1.82, 2.24) is 4.90 Å². The summed E-state index contributed by atoms with van der Waals surface area (Å²) >= 11 is 6.53. The van der Waals surface area contributed by atoms with Gasteiger partial charge in [-0.15, -0.1) is 0 Å². The standard InChI is InChI=1S/C13H17BrO4.C11H25NO2.C9H9BrO4/c1-13(2,3)18-12(15)10-9(16-4)7-6-8(14)11(10)17-5;1-10(2,3)13-9(12(7)8)14-11(4,5)6;1-13-6-4-3-5(10)8(14-2)7(6)9(11)12/h6-7H,1-5H3;9H,1-8H3;3-4H,1-2H3,(H,11,12). The van der Waals surface area contributed by atoms with E-state index < -0.39 is 17.5 Å². The molecule has 0 aliphatic heterocycles. The molecule has 46 heavy (non-hydrogen) atoms. The Labute approximate surface area is 291 Å². The predicted octanol–water partition coefficient (Wildman–Crippen LogP) is 8.05. The first kappa shape index (κ1) is 43.4. The predicted molar refractivity (Wildman–Crippen MR) is 186 cm³/mol. The van der Waals surface area contributed by atoms with Gasteiger partial charge in [0.2, 0.25) is 6.41 Å². The fourth-order valence-corrected chi connectivity index (χ4v) is 4.37. The lowest BCUT2D eigenvalue weighted by Crippen LogP contribution is -2.43. The van der Waals surface area contributed by atoms with Gasteiger partial charge in [-0.3, -0.25) is 4.90 Å². The third-order valence-corrected chi connectivity index (χ3v) is 6.39. The number of halogens is 2. The molecule has 0 bridgehead atoms. The number of carbonyl (C=O) groups is 2. The smallest absolute Gasteiger partial charge is 0.346 e. The highest BCUT2D eigenvalue weighted by Crippen LogP contribution is 2.37. The Hall–Kier alpha value is -2.58. The molecule has 0 spiro atoms. The van der Waals surface area contributed by atoms with E-state index in [2.05, 4.69) is 31.9 Å². The van der Waals surface area contributed by atoms with Crippen molar-refractivity contribution < 1.29 is 47.9 Å². The van der Waals surface area contributed by atoms with Gasteiger partial charge >= 0.3 is 11.9 Å². The molecule has 2 aromatic carbocycles. The number of nitrogens with zero attached hydrogens (tertiary/aromatic N) is 1. The van der Waals surface area contributed by atoms with Gasteiger partial charge in [-0.1, -0.05) is 0 Å². The molecule has 0 aliphatic carbocycles. The van der Waals surface area contributed by atoms with Crippen molar-refractivity contribution in [3.05, 3.63) is 44.3 Å². The largest absolute Gasteiger partial charge is 0.496 e. The summed E-state index contributed by atoms with van der Waals surface area (Å²) in [7, 11) is 9.70. The van der Waals surface area contributed by atoms with Crippen molar-refractivity contribution in [2.75, 3.05) is 42.5 Å². The average molecular weight is 782 g/mol. The van der Waals surface area contributed by atoms with Crippen molar-refractivity contribution in [3.8, 4) is 23.0 Å². The lowest BCUT2D eigenvalue weighted by molar-refractivity contribution is -0.285. The van der Waals surface area contributed by atoms with E-state index in [0.29, 0.717) is 20.4 Å². The molecule has 2 aromatic rings. The molecule has 0 unspecified atom stereocenters. The number of esters is 1. The SMILES string of the molecule is CN(C)C(OC(C)(C)C)OC(C)(C)C.COc1ccc(Br)c(OC)c1C(=O)O.COc1ccc(Br)c(OC)c1C(=O)OC(C)(C)C. The van der Waals surface area contributed by atoms with Crippen LogP contribution in [0.4, 0.5) is 0 Å². The molecule has 1 N–H and O–H groups in total. The zero-order chi connectivity index (χ0) is 36.2. The van der Waals surface area contributed by atoms with Crippen LogP contribution in [0.3, 0.4) is 0 Å². The second-order valence-corrected chi connectivity index (χ2v) is 14.6. The number of carboxylic acids is 1. The van der Waals surface area contributed by atoms with Crippen molar-refractivity contribution in [2.24, 2.45) is 0 Å². The molecule has 0 amide bonds. The highest BCUT2D eigenvalue weighted by Gasteiger charge is 2.27. The molecule has 0 aromatic heterocycles. The third kappa shape index (κ3) is 15.3. The maximum Gasteiger partial charge on any atom is 0.346 e. The Morgan fingerprint density at radius 3 is 1.30 bits per heavy atom. The summed E-state index contributed by atoms with van der Waals surface area (Å²) in [6.07, 6.45) is -0.296. The highest BCUT2D eigenvalue weighted by atomic mass is 79.9. The Bertz CT molecular complexity index is 1260. The molecule has 262 valence electrons. The minimum absolute atomic E-state index is 0.0179. The van der Waals surface area contributed by atoms with E-state index in [1.54, 1.807) is 24.3 Å². The summed E-state index contributed by atoms with van der Waals surface area (Å²) in [4.78, 5) is 25.0. The molecule has 0 aliphatic rings. The van der Waals surface area contributed by atoms with E-state index in [1.165, 1.54) is 28.4 Å². The normalized spacial score (nSPS) is 11.5. The Kier molecular flexibility index (Phi) is 17.6. The number of hydrogen-bond donors (Lipinski definition) is 1. The quantitative estimate of drug-likeness (QED) is 0.197. The van der Waals surface area contributed by atoms with E-state index in [-0.39, 0.29) is 40.2 Å². The summed E-state index contributed by atoms with van der Waals surface area (Å²) in [6, 6.07) is 6.68. The first-order valence-electron chi connectivity index (χ1n) is 14.2. The molecule has 2 rings (SSSR count). The van der Waals surface area contributed by atoms with Crippen LogP contribution in [-0.2, 0) is 14.2 Å². The van der Waals surface area contributed by atoms with E-state index >= 15 is 0 Å². The van der Waals surface area contributed by atoms with Crippen molar-refractivity contribution in [2.45, 2.75) is 85.5 Å². The number of rotatable bonds is 9. The molecule has 0 saturated heterocycles. The van der Waals surface area contributed by atoms with Crippen LogP contribution in [-0.4, -0.2) is 87.7 Å². The molecule has 11 nitrogen and oxygen atoms in total. The van der Waals surface area contributed by atoms with E-state index in [0.717, 1.165) is 0 Å². The topological polar surface area (TPSA) is 122 Å². The summed E-state index contributed by atoms with van der Waals surface area (Å²) in [5, 5.41) is 8.95. The zero-order valence-electron chi connectivity index (χ0n) is 29.7. The molecule has 13 heteroatoms. The Morgan fingerprint density at radius 2 is 1.02 bits per heavy atom. The molecule has 0 heterocycles. The minimum Gasteiger partial charge on any atom is -0.496 e.